The van der Waals surface area contributed by atoms with E-state index in [9.17, 15) is 5.11 Å². The second-order valence-corrected chi connectivity index (χ2v) is 8.05. The summed E-state index contributed by atoms with van der Waals surface area (Å²) in [4.78, 5) is 7.08. The number of rotatable bonds is 1. The summed E-state index contributed by atoms with van der Waals surface area (Å²) < 4.78 is 5.46. The van der Waals surface area contributed by atoms with Crippen molar-refractivity contribution in [3.63, 3.8) is 0 Å². The van der Waals surface area contributed by atoms with Crippen molar-refractivity contribution >= 4 is 64.8 Å². The number of hydrogen-bond acceptors (Lipinski definition) is 3. The summed E-state index contributed by atoms with van der Waals surface area (Å²) in [5.74, 6) is 0.994. The maximum atomic E-state index is 9.81. The molecule has 7 heteroatoms. The van der Waals surface area contributed by atoms with Gasteiger partial charge in [-0.2, -0.15) is 0 Å². The average Bonchev–Trinajstić information content (AvgIpc) is 3.07. The predicted molar refractivity (Wildman–Crippen MR) is 94.0 cm³/mol. The molecule has 2 aliphatic heterocycles. The Balaban J connectivity index is 1.99. The lowest BCUT2D eigenvalue weighted by Gasteiger charge is -2.22. The lowest BCUT2D eigenvalue weighted by Crippen LogP contribution is -2.25. The number of aliphatic hydroxyl groups is 1. The zero-order valence-corrected chi connectivity index (χ0v) is 16.0. The van der Waals surface area contributed by atoms with Crippen molar-refractivity contribution in [1.29, 1.82) is 0 Å². The zero-order valence-electron chi connectivity index (χ0n) is 11.2. The second kappa shape index (κ2) is 5.22. The van der Waals surface area contributed by atoms with Gasteiger partial charge in [0.15, 0.2) is 0 Å². The molecule has 1 aromatic carbocycles. The van der Waals surface area contributed by atoms with Gasteiger partial charge < -0.3 is 14.6 Å². The van der Waals surface area contributed by atoms with Crippen LogP contribution in [0.5, 0.6) is 0 Å². The Morgan fingerprint density at radius 1 is 1.10 bits per heavy atom. The van der Waals surface area contributed by atoms with E-state index in [4.69, 9.17) is 4.98 Å². The van der Waals surface area contributed by atoms with E-state index in [1.807, 2.05) is 0 Å². The highest BCUT2D eigenvalue weighted by Crippen LogP contribution is 2.44. The van der Waals surface area contributed by atoms with Gasteiger partial charge in [-0.05, 0) is 72.6 Å². The van der Waals surface area contributed by atoms with E-state index in [-0.39, 0.29) is 6.10 Å². The molecule has 2 aromatic rings. The van der Waals surface area contributed by atoms with Crippen molar-refractivity contribution in [3.8, 4) is 0 Å². The van der Waals surface area contributed by atoms with Crippen LogP contribution in [-0.4, -0.2) is 33.9 Å². The normalized spacial score (nSPS) is 21.5. The average molecular weight is 480 g/mol. The number of nitrogens with zero attached hydrogens (tertiary/aromatic N) is 3. The fourth-order valence-electron chi connectivity index (χ4n) is 3.36. The molecule has 1 saturated heterocycles. The van der Waals surface area contributed by atoms with Crippen molar-refractivity contribution in [1.82, 2.24) is 9.55 Å². The largest absolute Gasteiger partial charge is 0.391 e. The lowest BCUT2D eigenvalue weighted by atomic mass is 10.0. The third kappa shape index (κ3) is 2.11. The van der Waals surface area contributed by atoms with E-state index < -0.39 is 0 Å². The van der Waals surface area contributed by atoms with Gasteiger partial charge in [-0.15, -0.1) is 0 Å². The van der Waals surface area contributed by atoms with Crippen LogP contribution in [0.2, 0.25) is 0 Å². The summed E-state index contributed by atoms with van der Waals surface area (Å²) in [5, 5.41) is 9.81. The fourth-order valence-corrected chi connectivity index (χ4v) is 5.11. The molecule has 0 unspecified atom stereocenters. The van der Waals surface area contributed by atoms with Crippen molar-refractivity contribution in [2.24, 2.45) is 0 Å². The number of anilines is 1. The SMILES string of the molecule is O[C@@H]1CCN(c2nc3c(Br)c(Br)c(Br)c4c3n2CCC4)C1. The maximum absolute atomic E-state index is 9.81. The minimum Gasteiger partial charge on any atom is -0.391 e. The van der Waals surface area contributed by atoms with E-state index in [1.54, 1.807) is 0 Å². The summed E-state index contributed by atoms with van der Waals surface area (Å²) >= 11 is 11.0. The predicted octanol–water partition coefficient (Wildman–Crippen LogP) is 3.84. The van der Waals surface area contributed by atoms with E-state index in [1.165, 1.54) is 11.1 Å². The molecule has 0 radical (unpaired) electrons. The summed E-state index contributed by atoms with van der Waals surface area (Å²) in [7, 11) is 0. The van der Waals surface area contributed by atoms with Gasteiger partial charge in [0.05, 0.1) is 16.1 Å². The molecule has 4 rings (SSSR count). The molecule has 0 aliphatic carbocycles. The first-order valence-corrected chi connectivity index (χ1v) is 9.44. The second-order valence-electron chi connectivity index (χ2n) is 5.67. The summed E-state index contributed by atoms with van der Waals surface area (Å²) in [6.45, 7) is 2.55. The minimum absolute atomic E-state index is 0.234. The molecular formula is C14H14Br3N3O. The van der Waals surface area contributed by atoms with Crippen LogP contribution in [0, 0.1) is 0 Å². The van der Waals surface area contributed by atoms with E-state index in [2.05, 4.69) is 57.3 Å². The molecule has 0 saturated carbocycles. The number of aryl methyl sites for hydroxylation is 2. The third-order valence-electron chi connectivity index (χ3n) is 4.35. The molecule has 2 aliphatic rings. The van der Waals surface area contributed by atoms with Crippen LogP contribution in [-0.2, 0) is 13.0 Å². The van der Waals surface area contributed by atoms with Gasteiger partial charge in [-0.25, -0.2) is 4.98 Å². The number of aromatic nitrogens is 2. The highest BCUT2D eigenvalue weighted by Gasteiger charge is 2.29. The quantitative estimate of drug-likeness (QED) is 0.632. The number of halogens is 3. The molecule has 4 nitrogen and oxygen atoms in total. The zero-order chi connectivity index (χ0) is 14.7. The van der Waals surface area contributed by atoms with Gasteiger partial charge in [0, 0.05) is 28.6 Å². The van der Waals surface area contributed by atoms with Gasteiger partial charge in [0.2, 0.25) is 5.95 Å². The molecule has 1 aromatic heterocycles. The van der Waals surface area contributed by atoms with Gasteiger partial charge in [-0.3, -0.25) is 0 Å². The number of aliphatic hydroxyl groups excluding tert-OH is 1. The van der Waals surface area contributed by atoms with Crippen molar-refractivity contribution < 1.29 is 5.11 Å². The number of benzene rings is 1. The van der Waals surface area contributed by atoms with E-state index in [0.29, 0.717) is 6.54 Å². The van der Waals surface area contributed by atoms with Crippen LogP contribution in [0.3, 0.4) is 0 Å². The number of imidazole rings is 1. The molecule has 3 heterocycles. The van der Waals surface area contributed by atoms with Gasteiger partial charge in [-0.1, -0.05) is 0 Å². The van der Waals surface area contributed by atoms with Crippen LogP contribution >= 0.6 is 47.8 Å². The standard InChI is InChI=1S/C14H14Br3N3O/c15-9-8-2-1-4-20-13(8)12(11(17)10(9)16)18-14(20)19-5-3-7(21)6-19/h7,21H,1-6H2/t7-/m1/s1. The van der Waals surface area contributed by atoms with Crippen LogP contribution < -0.4 is 4.90 Å². The van der Waals surface area contributed by atoms with E-state index >= 15 is 0 Å². The fraction of sp³-hybridized carbons (Fsp3) is 0.500. The Labute approximate surface area is 147 Å². The van der Waals surface area contributed by atoms with Crippen LogP contribution in [0.4, 0.5) is 5.95 Å². The van der Waals surface area contributed by atoms with Gasteiger partial charge in [0.25, 0.3) is 0 Å². The van der Waals surface area contributed by atoms with Crippen molar-refractivity contribution in [2.75, 3.05) is 18.0 Å². The Kier molecular flexibility index (Phi) is 3.60. The molecular weight excluding hydrogens is 466 g/mol. The molecule has 1 atom stereocenters. The summed E-state index contributed by atoms with van der Waals surface area (Å²) in [5.41, 5.74) is 3.56. The van der Waals surface area contributed by atoms with E-state index in [0.717, 1.165) is 57.2 Å². The minimum atomic E-state index is -0.234. The van der Waals surface area contributed by atoms with Crippen molar-refractivity contribution in [3.05, 3.63) is 19.0 Å². The Bertz CT molecular complexity index is 743. The Morgan fingerprint density at radius 3 is 2.62 bits per heavy atom. The molecule has 1 fully saturated rings. The van der Waals surface area contributed by atoms with Gasteiger partial charge in [0.1, 0.15) is 5.52 Å². The highest BCUT2D eigenvalue weighted by molar-refractivity contribution is 9.14. The topological polar surface area (TPSA) is 41.3 Å². The first-order valence-electron chi connectivity index (χ1n) is 7.06. The van der Waals surface area contributed by atoms with Crippen LogP contribution in [0.15, 0.2) is 13.4 Å². The summed E-state index contributed by atoms with van der Waals surface area (Å²) in [6.07, 6.45) is 2.78. The van der Waals surface area contributed by atoms with Crippen molar-refractivity contribution in [2.45, 2.75) is 31.9 Å². The first kappa shape index (κ1) is 14.5. The monoisotopic (exact) mass is 477 g/mol. The molecule has 0 amide bonds. The molecule has 0 bridgehead atoms. The Morgan fingerprint density at radius 2 is 1.90 bits per heavy atom. The first-order chi connectivity index (χ1) is 10.1. The maximum Gasteiger partial charge on any atom is 0.206 e. The molecule has 1 N–H and O–H groups in total. The van der Waals surface area contributed by atoms with Crippen LogP contribution in [0.1, 0.15) is 18.4 Å². The molecule has 0 spiro atoms. The third-order valence-corrected chi connectivity index (χ3v) is 7.85. The van der Waals surface area contributed by atoms with Gasteiger partial charge >= 0.3 is 0 Å². The molecule has 21 heavy (non-hydrogen) atoms. The lowest BCUT2D eigenvalue weighted by molar-refractivity contribution is 0.198. The number of hydrogen-bond donors (Lipinski definition) is 1. The Hall–Kier alpha value is -0.110. The van der Waals surface area contributed by atoms with Crippen LogP contribution in [0.25, 0.3) is 11.0 Å². The smallest absolute Gasteiger partial charge is 0.206 e. The highest BCUT2D eigenvalue weighted by atomic mass is 79.9. The summed E-state index contributed by atoms with van der Waals surface area (Å²) in [6, 6.07) is 0. The molecule has 112 valence electrons. The number of β-amino-alcohol motifs (C(OH)–C–C–N with tert-alkyl or cyclic N) is 1.